The third-order valence-electron chi connectivity index (χ3n) is 2.57. The minimum atomic E-state index is -1.18. The van der Waals surface area contributed by atoms with E-state index >= 15 is 0 Å². The van der Waals surface area contributed by atoms with Gasteiger partial charge in [0, 0.05) is 6.07 Å². The molecule has 0 spiro atoms. The molecule has 1 aromatic rings. The Kier molecular flexibility index (Phi) is 6.07. The van der Waals surface area contributed by atoms with Gasteiger partial charge in [0.2, 0.25) is 0 Å². The fourth-order valence-corrected chi connectivity index (χ4v) is 1.97. The first-order chi connectivity index (χ1) is 9.70. The van der Waals surface area contributed by atoms with Gasteiger partial charge in [0.05, 0.1) is 10.2 Å². The molecule has 116 valence electrons. The number of amides is 2. The van der Waals surface area contributed by atoms with E-state index in [9.17, 15) is 18.4 Å². The van der Waals surface area contributed by atoms with Crippen molar-refractivity contribution in [2.45, 2.75) is 26.3 Å². The van der Waals surface area contributed by atoms with Crippen molar-refractivity contribution in [1.29, 1.82) is 0 Å². The van der Waals surface area contributed by atoms with Gasteiger partial charge in [-0.15, -0.1) is 0 Å². The molecule has 1 aromatic carbocycles. The molecule has 5 nitrogen and oxygen atoms in total. The van der Waals surface area contributed by atoms with Crippen LogP contribution in [0, 0.1) is 17.6 Å². The molecule has 0 aliphatic rings. The van der Waals surface area contributed by atoms with Crippen LogP contribution in [-0.4, -0.2) is 23.1 Å². The van der Waals surface area contributed by atoms with Gasteiger partial charge in [0.25, 0.3) is 0 Å². The molecule has 0 radical (unpaired) electrons. The maximum atomic E-state index is 13.5. The van der Waals surface area contributed by atoms with E-state index in [2.05, 4.69) is 26.6 Å². The number of rotatable bonds is 5. The van der Waals surface area contributed by atoms with Crippen LogP contribution in [0.1, 0.15) is 20.3 Å². The van der Waals surface area contributed by atoms with E-state index in [0.29, 0.717) is 6.07 Å². The zero-order chi connectivity index (χ0) is 16.2. The standard InChI is InChI=1S/C13H15BrF2N2O3/c1-6(2)3-11(12(19)20)18-13(21)17-10-4-7(14)8(15)5-9(10)16/h4-6,11H,3H2,1-2H3,(H,19,20)(H2,17,18,21)/t11-/m1/s1. The van der Waals surface area contributed by atoms with Crippen molar-refractivity contribution in [1.82, 2.24) is 5.32 Å². The van der Waals surface area contributed by atoms with Gasteiger partial charge in [-0.1, -0.05) is 13.8 Å². The summed E-state index contributed by atoms with van der Waals surface area (Å²) in [7, 11) is 0. The van der Waals surface area contributed by atoms with Gasteiger partial charge in [-0.3, -0.25) is 0 Å². The van der Waals surface area contributed by atoms with Crippen molar-refractivity contribution in [2.75, 3.05) is 5.32 Å². The van der Waals surface area contributed by atoms with Crippen LogP contribution < -0.4 is 10.6 Å². The number of carbonyl (C=O) groups excluding carboxylic acids is 1. The van der Waals surface area contributed by atoms with Crippen molar-refractivity contribution in [3.05, 3.63) is 28.2 Å². The number of nitrogens with one attached hydrogen (secondary N) is 2. The summed E-state index contributed by atoms with van der Waals surface area (Å²) in [5, 5.41) is 13.4. The molecule has 8 heteroatoms. The molecule has 1 rings (SSSR count). The van der Waals surface area contributed by atoms with E-state index in [-0.39, 0.29) is 22.5 Å². The normalized spacial score (nSPS) is 12.1. The predicted molar refractivity (Wildman–Crippen MR) is 77.1 cm³/mol. The molecule has 1 atom stereocenters. The first kappa shape index (κ1) is 17.4. The van der Waals surface area contributed by atoms with Gasteiger partial charge in [0.15, 0.2) is 0 Å². The monoisotopic (exact) mass is 364 g/mol. The summed E-state index contributed by atoms with van der Waals surface area (Å²) in [4.78, 5) is 22.7. The average molecular weight is 365 g/mol. The number of hydrogen-bond donors (Lipinski definition) is 3. The van der Waals surface area contributed by atoms with E-state index < -0.39 is 29.7 Å². The molecule has 0 aliphatic heterocycles. The molecule has 21 heavy (non-hydrogen) atoms. The molecule has 0 saturated carbocycles. The van der Waals surface area contributed by atoms with Crippen molar-refractivity contribution >= 4 is 33.6 Å². The Balaban J connectivity index is 2.77. The fourth-order valence-electron chi connectivity index (χ4n) is 1.63. The lowest BCUT2D eigenvalue weighted by Gasteiger charge is -2.17. The van der Waals surface area contributed by atoms with Crippen LogP contribution in [0.3, 0.4) is 0 Å². The minimum Gasteiger partial charge on any atom is -0.480 e. The van der Waals surface area contributed by atoms with Crippen molar-refractivity contribution < 1.29 is 23.5 Å². The van der Waals surface area contributed by atoms with Crippen LogP contribution in [0.5, 0.6) is 0 Å². The molecular formula is C13H15BrF2N2O3. The quantitative estimate of drug-likeness (QED) is 0.701. The Morgan fingerprint density at radius 3 is 2.43 bits per heavy atom. The number of anilines is 1. The van der Waals surface area contributed by atoms with E-state index in [4.69, 9.17) is 5.11 Å². The van der Waals surface area contributed by atoms with Gasteiger partial charge in [0.1, 0.15) is 17.7 Å². The maximum absolute atomic E-state index is 13.5. The number of benzene rings is 1. The minimum absolute atomic E-state index is 0.0174. The fraction of sp³-hybridized carbons (Fsp3) is 0.385. The topological polar surface area (TPSA) is 78.4 Å². The summed E-state index contributed by atoms with van der Waals surface area (Å²) < 4.78 is 26.5. The number of urea groups is 1. The SMILES string of the molecule is CC(C)C[C@@H](NC(=O)Nc1cc(Br)c(F)cc1F)C(=O)O. The summed E-state index contributed by atoms with van der Waals surface area (Å²) in [5.74, 6) is -2.88. The van der Waals surface area contributed by atoms with Crippen molar-refractivity contribution in [3.63, 3.8) is 0 Å². The lowest BCUT2D eigenvalue weighted by molar-refractivity contribution is -0.139. The van der Waals surface area contributed by atoms with Gasteiger partial charge < -0.3 is 15.7 Å². The van der Waals surface area contributed by atoms with Crippen molar-refractivity contribution in [2.24, 2.45) is 5.92 Å². The highest BCUT2D eigenvalue weighted by Crippen LogP contribution is 2.23. The predicted octanol–water partition coefficient (Wildman–Crippen LogP) is 3.35. The summed E-state index contributed by atoms with van der Waals surface area (Å²) in [5.41, 5.74) is -0.255. The van der Waals surface area contributed by atoms with Gasteiger partial charge in [-0.2, -0.15) is 0 Å². The van der Waals surface area contributed by atoms with Gasteiger partial charge in [-0.05, 0) is 34.3 Å². The van der Waals surface area contributed by atoms with Crippen LogP contribution in [0.2, 0.25) is 0 Å². The lowest BCUT2D eigenvalue weighted by atomic mass is 10.0. The first-order valence-electron chi connectivity index (χ1n) is 6.15. The molecule has 0 bridgehead atoms. The van der Waals surface area contributed by atoms with Crippen LogP contribution in [0.15, 0.2) is 16.6 Å². The molecule has 0 heterocycles. The lowest BCUT2D eigenvalue weighted by Crippen LogP contribution is -2.43. The molecule has 0 aliphatic carbocycles. The first-order valence-corrected chi connectivity index (χ1v) is 6.95. The smallest absolute Gasteiger partial charge is 0.326 e. The number of hydrogen-bond acceptors (Lipinski definition) is 2. The Morgan fingerprint density at radius 2 is 1.90 bits per heavy atom. The highest BCUT2D eigenvalue weighted by Gasteiger charge is 2.21. The molecular weight excluding hydrogens is 350 g/mol. The van der Waals surface area contributed by atoms with Gasteiger partial charge in [-0.25, -0.2) is 18.4 Å². The number of carboxylic acid groups (broad SMARTS) is 1. The van der Waals surface area contributed by atoms with E-state index in [0.717, 1.165) is 6.07 Å². The Labute approximate surface area is 128 Å². The number of carbonyl (C=O) groups is 2. The second-order valence-corrected chi connectivity index (χ2v) is 5.72. The highest BCUT2D eigenvalue weighted by molar-refractivity contribution is 9.10. The molecule has 0 saturated heterocycles. The maximum Gasteiger partial charge on any atom is 0.326 e. The van der Waals surface area contributed by atoms with E-state index in [1.807, 2.05) is 13.8 Å². The number of halogens is 3. The summed E-state index contributed by atoms with van der Waals surface area (Å²) in [6, 6.07) is -0.289. The van der Waals surface area contributed by atoms with E-state index in [1.54, 1.807) is 0 Å². The zero-order valence-corrected chi connectivity index (χ0v) is 13.0. The average Bonchev–Trinajstić information content (AvgIpc) is 2.34. The molecule has 3 N–H and O–H groups in total. The largest absolute Gasteiger partial charge is 0.480 e. The molecule has 2 amide bonds. The Hall–Kier alpha value is -1.70. The van der Waals surface area contributed by atoms with Crippen molar-refractivity contribution in [3.8, 4) is 0 Å². The Bertz CT molecular complexity index is 552. The van der Waals surface area contributed by atoms with E-state index in [1.165, 1.54) is 0 Å². The Morgan fingerprint density at radius 1 is 1.29 bits per heavy atom. The summed E-state index contributed by atoms with van der Waals surface area (Å²) in [6.45, 7) is 3.62. The molecule has 0 unspecified atom stereocenters. The zero-order valence-electron chi connectivity index (χ0n) is 11.4. The summed E-state index contributed by atoms with van der Waals surface area (Å²) >= 11 is 2.87. The van der Waals surface area contributed by atoms with Crippen LogP contribution in [0.25, 0.3) is 0 Å². The second kappa shape index (κ2) is 7.35. The highest BCUT2D eigenvalue weighted by atomic mass is 79.9. The van der Waals surface area contributed by atoms with Crippen LogP contribution in [0.4, 0.5) is 19.3 Å². The van der Waals surface area contributed by atoms with Gasteiger partial charge >= 0.3 is 12.0 Å². The van der Waals surface area contributed by atoms with Crippen LogP contribution >= 0.6 is 15.9 Å². The number of aliphatic carboxylic acids is 1. The number of carboxylic acids is 1. The molecule has 0 fully saturated rings. The third kappa shape index (κ3) is 5.30. The molecule has 0 aromatic heterocycles. The van der Waals surface area contributed by atoms with Crippen LogP contribution in [-0.2, 0) is 4.79 Å². The third-order valence-corrected chi connectivity index (χ3v) is 3.18. The second-order valence-electron chi connectivity index (χ2n) is 4.86. The summed E-state index contributed by atoms with van der Waals surface area (Å²) in [6.07, 6.45) is 0.234.